The van der Waals surface area contributed by atoms with Gasteiger partial charge in [-0.05, 0) is 42.8 Å². The van der Waals surface area contributed by atoms with E-state index in [0.29, 0.717) is 29.8 Å². The summed E-state index contributed by atoms with van der Waals surface area (Å²) < 4.78 is 25.0. The minimum atomic E-state index is -0.345. The normalized spacial score (nSPS) is 17.8. The number of nitrogens with zero attached hydrogens (tertiary/aromatic N) is 2. The van der Waals surface area contributed by atoms with Gasteiger partial charge in [-0.2, -0.15) is 5.10 Å². The smallest absolute Gasteiger partial charge is 0.182 e. The van der Waals surface area contributed by atoms with E-state index < -0.39 is 0 Å². The van der Waals surface area contributed by atoms with E-state index in [1.807, 2.05) is 25.1 Å². The molecular weight excluding hydrogens is 341 g/mol. The second kappa shape index (κ2) is 6.76. The lowest BCUT2D eigenvalue weighted by molar-refractivity contribution is 0.171. The first kappa shape index (κ1) is 16.0. The molecule has 2 aromatic rings. The molecule has 0 atom stereocenters. The van der Waals surface area contributed by atoms with Crippen molar-refractivity contribution < 1.29 is 13.9 Å². The van der Waals surface area contributed by atoms with Crippen LogP contribution in [-0.2, 0) is 0 Å². The Bertz CT molecular complexity index is 883. The van der Waals surface area contributed by atoms with Gasteiger partial charge in [0.15, 0.2) is 16.7 Å². The summed E-state index contributed by atoms with van der Waals surface area (Å²) in [4.78, 5) is 4.32. The highest BCUT2D eigenvalue weighted by molar-refractivity contribution is 8.14. The molecule has 7 heteroatoms. The van der Waals surface area contributed by atoms with Gasteiger partial charge >= 0.3 is 0 Å². The van der Waals surface area contributed by atoms with Gasteiger partial charge in [0.1, 0.15) is 24.7 Å². The molecule has 0 saturated heterocycles. The van der Waals surface area contributed by atoms with Crippen LogP contribution >= 0.6 is 11.8 Å². The van der Waals surface area contributed by atoms with E-state index in [1.165, 1.54) is 17.8 Å². The highest BCUT2D eigenvalue weighted by Gasteiger charge is 2.17. The average molecular weight is 357 g/mol. The molecule has 2 aromatic carbocycles. The molecule has 0 radical (unpaired) electrons. The van der Waals surface area contributed by atoms with Crippen molar-refractivity contribution in [3.63, 3.8) is 0 Å². The maximum atomic E-state index is 13.8. The first-order chi connectivity index (χ1) is 12.2. The molecule has 25 heavy (non-hydrogen) atoms. The molecule has 0 bridgehead atoms. The van der Waals surface area contributed by atoms with Crippen molar-refractivity contribution in [2.75, 3.05) is 19.0 Å². The fraction of sp³-hybridized carbons (Fsp3) is 0.222. The molecule has 0 spiro atoms. The predicted octanol–water partition coefficient (Wildman–Crippen LogP) is 3.63. The third kappa shape index (κ3) is 3.46. The number of aliphatic imine (C=N–C) groups is 1. The van der Waals surface area contributed by atoms with Crippen LogP contribution in [0, 0.1) is 12.7 Å². The Hall–Kier alpha value is -2.54. The number of thioether (sulfide) groups is 1. The maximum Gasteiger partial charge on any atom is 0.182 e. The Labute approximate surface area is 148 Å². The van der Waals surface area contributed by atoms with Gasteiger partial charge in [0.2, 0.25) is 0 Å². The molecule has 0 saturated carbocycles. The fourth-order valence-corrected chi connectivity index (χ4v) is 3.34. The van der Waals surface area contributed by atoms with Gasteiger partial charge in [0.05, 0.1) is 5.71 Å². The van der Waals surface area contributed by atoms with Crippen molar-refractivity contribution in [3.05, 3.63) is 53.3 Å². The SMILES string of the molecule is Cc1ccc(F)c(N=C2NN=C(c3ccc4c(c3)OCCO4)CS2)c1. The number of aryl methyl sites for hydroxylation is 1. The molecule has 4 rings (SSSR count). The summed E-state index contributed by atoms with van der Waals surface area (Å²) in [6.45, 7) is 3.03. The van der Waals surface area contributed by atoms with E-state index in [0.717, 1.165) is 28.3 Å². The first-order valence-electron chi connectivity index (χ1n) is 7.89. The van der Waals surface area contributed by atoms with Gasteiger partial charge in [0.25, 0.3) is 0 Å². The molecule has 0 aromatic heterocycles. The van der Waals surface area contributed by atoms with Gasteiger partial charge in [0, 0.05) is 11.3 Å². The third-order valence-corrected chi connectivity index (χ3v) is 4.70. The summed E-state index contributed by atoms with van der Waals surface area (Å²) in [6.07, 6.45) is 0. The van der Waals surface area contributed by atoms with Crippen LogP contribution in [0.25, 0.3) is 0 Å². The predicted molar refractivity (Wildman–Crippen MR) is 97.8 cm³/mol. The first-order valence-corrected chi connectivity index (χ1v) is 8.88. The third-order valence-electron chi connectivity index (χ3n) is 3.83. The summed E-state index contributed by atoms with van der Waals surface area (Å²) in [5, 5.41) is 4.95. The van der Waals surface area contributed by atoms with Crippen LogP contribution < -0.4 is 14.9 Å². The summed E-state index contributed by atoms with van der Waals surface area (Å²) >= 11 is 1.48. The number of ether oxygens (including phenoxy) is 2. The maximum absolute atomic E-state index is 13.8. The Morgan fingerprint density at radius 2 is 1.96 bits per heavy atom. The molecule has 1 N–H and O–H groups in total. The average Bonchev–Trinajstić information content (AvgIpc) is 2.65. The lowest BCUT2D eigenvalue weighted by Crippen LogP contribution is -2.25. The summed E-state index contributed by atoms with van der Waals surface area (Å²) in [6, 6.07) is 10.6. The molecule has 2 heterocycles. The standard InChI is InChI=1S/C18H16FN3O2S/c1-11-2-4-13(19)14(8-11)20-18-22-21-15(10-25-18)12-3-5-16-17(9-12)24-7-6-23-16/h2-5,8-9H,6-7,10H2,1H3,(H,20,22). The van der Waals surface area contributed by atoms with Gasteiger partial charge in [-0.15, -0.1) is 0 Å². The van der Waals surface area contributed by atoms with Crippen LogP contribution in [0.3, 0.4) is 0 Å². The van der Waals surface area contributed by atoms with Crippen LogP contribution in [0.4, 0.5) is 10.1 Å². The lowest BCUT2D eigenvalue weighted by Gasteiger charge is -2.20. The van der Waals surface area contributed by atoms with Gasteiger partial charge in [-0.3, -0.25) is 5.43 Å². The highest BCUT2D eigenvalue weighted by atomic mass is 32.2. The van der Waals surface area contributed by atoms with Crippen molar-refractivity contribution >= 4 is 28.3 Å². The van der Waals surface area contributed by atoms with E-state index in [4.69, 9.17) is 9.47 Å². The number of hydrogen-bond acceptors (Lipinski definition) is 5. The zero-order valence-electron chi connectivity index (χ0n) is 13.6. The number of fused-ring (bicyclic) bond motifs is 1. The second-order valence-electron chi connectivity index (χ2n) is 5.69. The van der Waals surface area contributed by atoms with Crippen molar-refractivity contribution in [1.29, 1.82) is 0 Å². The molecule has 0 aliphatic carbocycles. The Morgan fingerprint density at radius 3 is 2.76 bits per heavy atom. The summed E-state index contributed by atoms with van der Waals surface area (Å²) in [5.41, 5.74) is 6.02. The molecule has 2 aliphatic rings. The monoisotopic (exact) mass is 357 g/mol. The zero-order chi connectivity index (χ0) is 17.2. The van der Waals surface area contributed by atoms with Crippen molar-refractivity contribution in [2.45, 2.75) is 6.92 Å². The zero-order valence-corrected chi connectivity index (χ0v) is 14.4. The summed E-state index contributed by atoms with van der Waals surface area (Å²) in [5.74, 6) is 1.78. The molecule has 5 nitrogen and oxygen atoms in total. The van der Waals surface area contributed by atoms with Crippen LogP contribution in [0.1, 0.15) is 11.1 Å². The van der Waals surface area contributed by atoms with Crippen molar-refractivity contribution in [1.82, 2.24) is 5.43 Å². The number of rotatable bonds is 2. The lowest BCUT2D eigenvalue weighted by atomic mass is 10.1. The largest absolute Gasteiger partial charge is 0.486 e. The van der Waals surface area contributed by atoms with Crippen molar-refractivity contribution in [2.24, 2.45) is 10.1 Å². The minimum Gasteiger partial charge on any atom is -0.486 e. The summed E-state index contributed by atoms with van der Waals surface area (Å²) in [7, 11) is 0. The van der Waals surface area contributed by atoms with Crippen LogP contribution in [0.5, 0.6) is 11.5 Å². The Morgan fingerprint density at radius 1 is 1.12 bits per heavy atom. The number of hydrogen-bond donors (Lipinski definition) is 1. The molecule has 0 fully saturated rings. The Balaban J connectivity index is 1.54. The van der Waals surface area contributed by atoms with Gasteiger partial charge < -0.3 is 9.47 Å². The van der Waals surface area contributed by atoms with Gasteiger partial charge in [-0.25, -0.2) is 9.38 Å². The Kier molecular flexibility index (Phi) is 4.31. The van der Waals surface area contributed by atoms with Gasteiger partial charge in [-0.1, -0.05) is 17.8 Å². The van der Waals surface area contributed by atoms with Crippen LogP contribution in [0.15, 0.2) is 46.5 Å². The number of benzene rings is 2. The van der Waals surface area contributed by atoms with Crippen LogP contribution in [0.2, 0.25) is 0 Å². The van der Waals surface area contributed by atoms with E-state index in [-0.39, 0.29) is 5.82 Å². The number of hydrazone groups is 1. The number of amidine groups is 1. The highest BCUT2D eigenvalue weighted by Crippen LogP contribution is 2.31. The van der Waals surface area contributed by atoms with E-state index in [2.05, 4.69) is 15.5 Å². The number of halogens is 1. The molecule has 2 aliphatic heterocycles. The van der Waals surface area contributed by atoms with E-state index >= 15 is 0 Å². The second-order valence-corrected chi connectivity index (χ2v) is 6.65. The van der Waals surface area contributed by atoms with E-state index in [9.17, 15) is 4.39 Å². The molecule has 0 unspecified atom stereocenters. The number of nitrogens with one attached hydrogen (secondary N) is 1. The topological polar surface area (TPSA) is 55.2 Å². The molecule has 0 amide bonds. The molecule has 128 valence electrons. The molecular formula is C18H16FN3O2S. The fourth-order valence-electron chi connectivity index (χ4n) is 2.56. The van der Waals surface area contributed by atoms with E-state index in [1.54, 1.807) is 12.1 Å². The minimum absolute atomic E-state index is 0.313. The quantitative estimate of drug-likeness (QED) is 0.892. The van der Waals surface area contributed by atoms with Crippen LogP contribution in [-0.4, -0.2) is 29.8 Å². The van der Waals surface area contributed by atoms with Crippen molar-refractivity contribution in [3.8, 4) is 11.5 Å².